The first-order chi connectivity index (χ1) is 10.7. The first-order valence-corrected chi connectivity index (χ1v) is 8.18. The van der Waals surface area contributed by atoms with Crippen LogP contribution < -0.4 is 0 Å². The topological polar surface area (TPSA) is 17.1 Å². The molecule has 1 nitrogen and oxygen atoms in total. The zero-order valence-corrected chi connectivity index (χ0v) is 15.6. The maximum Gasteiger partial charge on any atom is 0.150 e. The Morgan fingerprint density at radius 1 is 1.00 bits per heavy atom. The first kappa shape index (κ1) is 25.1. The second-order valence-corrected chi connectivity index (χ2v) is 3.79. The molecule has 1 aromatic rings. The van der Waals surface area contributed by atoms with Gasteiger partial charge in [-0.3, -0.25) is 4.79 Å². The second-order valence-electron chi connectivity index (χ2n) is 3.79. The summed E-state index contributed by atoms with van der Waals surface area (Å²) in [4.78, 5) is 10.5. The van der Waals surface area contributed by atoms with Gasteiger partial charge in [-0.1, -0.05) is 102 Å². The maximum absolute atomic E-state index is 10.5. The molecule has 1 aromatic carbocycles. The summed E-state index contributed by atoms with van der Waals surface area (Å²) in [6.07, 6.45) is 5.46. The maximum atomic E-state index is 10.5. The zero-order chi connectivity index (χ0) is 18.0. The third-order valence-corrected chi connectivity index (χ3v) is 2.30. The highest BCUT2D eigenvalue weighted by molar-refractivity contribution is 5.74. The summed E-state index contributed by atoms with van der Waals surface area (Å²) in [7, 11) is 0. The van der Waals surface area contributed by atoms with E-state index in [1.165, 1.54) is 0 Å². The van der Waals surface area contributed by atoms with Crippen LogP contribution in [0.4, 0.5) is 0 Å². The lowest BCUT2D eigenvalue weighted by Gasteiger charge is -2.02. The molecule has 0 N–H and O–H groups in total. The molecule has 1 rings (SSSR count). The standard InChI is InChI=1S/C15H16O.3C2H6/c1-4-12(2)9-13(3)10-14-5-7-15(11-16)8-6-14;3*1-2/h4-9,11H,1,3,10H2,2H3;3*1-2H3/b12-9-;;;. The molecule has 22 heavy (non-hydrogen) atoms. The van der Waals surface area contributed by atoms with Gasteiger partial charge in [0, 0.05) is 5.56 Å². The van der Waals surface area contributed by atoms with Crippen LogP contribution in [0.1, 0.15) is 64.4 Å². The minimum Gasteiger partial charge on any atom is -0.298 e. The molecule has 0 spiro atoms. The molecule has 0 fully saturated rings. The van der Waals surface area contributed by atoms with Crippen LogP contribution in [0.3, 0.4) is 0 Å². The lowest BCUT2D eigenvalue weighted by molar-refractivity contribution is 0.112. The molecular weight excluding hydrogens is 268 g/mol. The van der Waals surface area contributed by atoms with Crippen molar-refractivity contribution in [2.75, 3.05) is 0 Å². The summed E-state index contributed by atoms with van der Waals surface area (Å²) < 4.78 is 0. The summed E-state index contributed by atoms with van der Waals surface area (Å²) in [5.74, 6) is 0. The smallest absolute Gasteiger partial charge is 0.150 e. The molecule has 0 aliphatic heterocycles. The molecule has 0 aliphatic carbocycles. The van der Waals surface area contributed by atoms with Gasteiger partial charge in [0.15, 0.2) is 0 Å². The predicted molar refractivity (Wildman–Crippen MR) is 103 cm³/mol. The van der Waals surface area contributed by atoms with Crippen molar-refractivity contribution in [2.45, 2.75) is 54.9 Å². The summed E-state index contributed by atoms with van der Waals surface area (Å²) >= 11 is 0. The van der Waals surface area contributed by atoms with E-state index in [1.54, 1.807) is 6.08 Å². The quantitative estimate of drug-likeness (QED) is 0.431. The number of aldehydes is 1. The van der Waals surface area contributed by atoms with Crippen LogP contribution >= 0.6 is 0 Å². The Bertz CT molecular complexity index is 422. The Balaban J connectivity index is -0.000000535. The van der Waals surface area contributed by atoms with Gasteiger partial charge in [0.25, 0.3) is 0 Å². The molecule has 0 atom stereocenters. The minimum atomic E-state index is 0.701. The van der Waals surface area contributed by atoms with Crippen LogP contribution in [-0.4, -0.2) is 6.29 Å². The van der Waals surface area contributed by atoms with E-state index in [-0.39, 0.29) is 0 Å². The average Bonchev–Trinajstić information content (AvgIpc) is 2.60. The Kier molecular flexibility index (Phi) is 21.8. The summed E-state index contributed by atoms with van der Waals surface area (Å²) in [5.41, 5.74) is 4.00. The highest BCUT2D eigenvalue weighted by Crippen LogP contribution is 2.10. The van der Waals surface area contributed by atoms with Gasteiger partial charge in [0.05, 0.1) is 0 Å². The summed E-state index contributed by atoms with van der Waals surface area (Å²) in [6, 6.07) is 7.54. The molecule has 0 saturated heterocycles. The van der Waals surface area contributed by atoms with Crippen molar-refractivity contribution in [3.63, 3.8) is 0 Å². The zero-order valence-electron chi connectivity index (χ0n) is 15.6. The summed E-state index contributed by atoms with van der Waals surface area (Å²) in [5, 5.41) is 0. The van der Waals surface area contributed by atoms with Crippen molar-refractivity contribution in [1.29, 1.82) is 0 Å². The predicted octanol–water partition coefficient (Wildman–Crippen LogP) is 6.81. The number of carbonyl (C=O) groups is 1. The van der Waals surface area contributed by atoms with Gasteiger partial charge in [-0.15, -0.1) is 0 Å². The van der Waals surface area contributed by atoms with Gasteiger partial charge in [-0.2, -0.15) is 0 Å². The molecule has 1 heteroatoms. The highest BCUT2D eigenvalue weighted by Gasteiger charge is 1.96. The van der Waals surface area contributed by atoms with Crippen molar-refractivity contribution in [1.82, 2.24) is 0 Å². The van der Waals surface area contributed by atoms with Gasteiger partial charge in [0.1, 0.15) is 6.29 Å². The Hall–Kier alpha value is -1.89. The number of carbonyl (C=O) groups excluding carboxylic acids is 1. The number of hydrogen-bond donors (Lipinski definition) is 0. The number of allylic oxidation sites excluding steroid dienone is 4. The van der Waals surface area contributed by atoms with Crippen LogP contribution in [0, 0.1) is 0 Å². The van der Waals surface area contributed by atoms with Gasteiger partial charge in [-0.05, 0) is 18.9 Å². The molecular formula is C21H34O. The fourth-order valence-electron chi connectivity index (χ4n) is 1.41. The van der Waals surface area contributed by atoms with Crippen LogP contribution in [-0.2, 0) is 6.42 Å². The van der Waals surface area contributed by atoms with Crippen LogP contribution in [0.15, 0.2) is 60.7 Å². The number of rotatable bonds is 5. The fraction of sp³-hybridized carbons (Fsp3) is 0.381. The van der Waals surface area contributed by atoms with E-state index < -0.39 is 0 Å². The SMILES string of the molecule is C=C/C(C)=C\C(=C)Cc1ccc(C=O)cc1.CC.CC.CC. The van der Waals surface area contributed by atoms with E-state index in [0.29, 0.717) is 5.56 Å². The lowest BCUT2D eigenvalue weighted by Crippen LogP contribution is -1.88. The molecule has 0 aromatic heterocycles. The van der Waals surface area contributed by atoms with E-state index in [1.807, 2.05) is 78.8 Å². The molecule has 0 heterocycles. The largest absolute Gasteiger partial charge is 0.298 e. The monoisotopic (exact) mass is 302 g/mol. The number of benzene rings is 1. The molecule has 0 aliphatic rings. The van der Waals surface area contributed by atoms with Crippen LogP contribution in [0.2, 0.25) is 0 Å². The van der Waals surface area contributed by atoms with Crippen molar-refractivity contribution in [3.05, 3.63) is 71.8 Å². The number of hydrogen-bond acceptors (Lipinski definition) is 1. The van der Waals surface area contributed by atoms with E-state index in [0.717, 1.165) is 29.4 Å². The second kappa shape index (κ2) is 19.1. The molecule has 0 saturated carbocycles. The fourth-order valence-corrected chi connectivity index (χ4v) is 1.41. The highest BCUT2D eigenvalue weighted by atomic mass is 16.1. The van der Waals surface area contributed by atoms with Crippen molar-refractivity contribution in [2.24, 2.45) is 0 Å². The molecule has 124 valence electrons. The van der Waals surface area contributed by atoms with Gasteiger partial charge >= 0.3 is 0 Å². The molecule has 0 unspecified atom stereocenters. The Labute approximate surface area is 138 Å². The van der Waals surface area contributed by atoms with Crippen molar-refractivity contribution in [3.8, 4) is 0 Å². The molecule has 0 radical (unpaired) electrons. The Morgan fingerprint density at radius 2 is 1.45 bits per heavy atom. The van der Waals surface area contributed by atoms with Crippen molar-refractivity contribution >= 4 is 6.29 Å². The van der Waals surface area contributed by atoms with Crippen LogP contribution in [0.5, 0.6) is 0 Å². The van der Waals surface area contributed by atoms with Gasteiger partial charge in [0.2, 0.25) is 0 Å². The van der Waals surface area contributed by atoms with E-state index >= 15 is 0 Å². The first-order valence-electron chi connectivity index (χ1n) is 8.18. The minimum absolute atomic E-state index is 0.701. The average molecular weight is 303 g/mol. The molecule has 0 bridgehead atoms. The Morgan fingerprint density at radius 3 is 1.82 bits per heavy atom. The third kappa shape index (κ3) is 13.1. The van der Waals surface area contributed by atoms with Gasteiger partial charge < -0.3 is 0 Å². The van der Waals surface area contributed by atoms with E-state index in [4.69, 9.17) is 0 Å². The molecule has 0 amide bonds. The summed E-state index contributed by atoms with van der Waals surface area (Å²) in [6.45, 7) is 21.7. The third-order valence-electron chi connectivity index (χ3n) is 2.30. The lowest BCUT2D eigenvalue weighted by atomic mass is 10.0. The normalized spacial score (nSPS) is 8.77. The van der Waals surface area contributed by atoms with Crippen LogP contribution in [0.25, 0.3) is 0 Å². The van der Waals surface area contributed by atoms with E-state index in [2.05, 4.69) is 13.2 Å². The van der Waals surface area contributed by atoms with E-state index in [9.17, 15) is 4.79 Å². The van der Waals surface area contributed by atoms with Crippen molar-refractivity contribution < 1.29 is 4.79 Å². The van der Waals surface area contributed by atoms with Gasteiger partial charge in [-0.25, -0.2) is 0 Å².